The molecule has 3 N–H and O–H groups in total. The Kier molecular flexibility index (Phi) is 8.69. The highest BCUT2D eigenvalue weighted by atomic mass is 16.5. The van der Waals surface area contributed by atoms with Crippen molar-refractivity contribution in [2.45, 2.75) is 109 Å². The predicted octanol–water partition coefficient (Wildman–Crippen LogP) is 8.85. The first-order valence-electron chi connectivity index (χ1n) is 17.4. The van der Waals surface area contributed by atoms with E-state index < -0.39 is 22.8 Å². The fourth-order valence-electron chi connectivity index (χ4n) is 10.2. The molecule has 250 valence electrons. The van der Waals surface area contributed by atoms with Gasteiger partial charge in [-0.1, -0.05) is 69.2 Å². The van der Waals surface area contributed by atoms with Gasteiger partial charge in [0.2, 0.25) is 0 Å². The van der Waals surface area contributed by atoms with Gasteiger partial charge in [-0.25, -0.2) is 0 Å². The van der Waals surface area contributed by atoms with Crippen molar-refractivity contribution in [3.8, 4) is 11.5 Å². The molecule has 3 aromatic rings. The summed E-state index contributed by atoms with van der Waals surface area (Å²) in [6.07, 6.45) is 9.25. The van der Waals surface area contributed by atoms with Gasteiger partial charge in [-0.3, -0.25) is 9.59 Å². The molecule has 0 spiro atoms. The topological polar surface area (TPSA) is 104 Å². The fraction of sp³-hybridized carbons (Fsp3) is 0.512. The Morgan fingerprint density at radius 2 is 1.21 bits per heavy atom. The van der Waals surface area contributed by atoms with Crippen molar-refractivity contribution < 1.29 is 29.6 Å². The van der Waals surface area contributed by atoms with Crippen LogP contribution >= 0.6 is 0 Å². The van der Waals surface area contributed by atoms with Crippen molar-refractivity contribution in [3.05, 3.63) is 94.5 Å². The molecule has 6 heteroatoms. The average molecular weight is 639 g/mol. The van der Waals surface area contributed by atoms with Gasteiger partial charge in [-0.05, 0) is 140 Å². The molecule has 0 bridgehead atoms. The second-order valence-electron chi connectivity index (χ2n) is 15.6. The van der Waals surface area contributed by atoms with Crippen LogP contribution in [0.4, 0.5) is 0 Å². The minimum atomic E-state index is -0.669. The van der Waals surface area contributed by atoms with Gasteiger partial charge >= 0.3 is 11.9 Å². The molecular weight excluding hydrogens is 588 g/mol. The molecule has 0 aromatic heterocycles. The first-order chi connectivity index (χ1) is 22.3. The molecule has 0 saturated heterocycles. The Hall–Kier alpha value is -3.80. The largest absolute Gasteiger partial charge is 0.508 e. The zero-order valence-electron chi connectivity index (χ0n) is 28.4. The van der Waals surface area contributed by atoms with Crippen LogP contribution in [0.15, 0.2) is 66.7 Å². The number of aromatic hydroxyl groups is 1. The van der Waals surface area contributed by atoms with Crippen molar-refractivity contribution in [1.29, 1.82) is 0 Å². The van der Waals surface area contributed by atoms with E-state index in [1.54, 1.807) is 6.07 Å². The molecule has 2 fully saturated rings. The van der Waals surface area contributed by atoms with Gasteiger partial charge in [0.25, 0.3) is 0 Å². The number of aryl methyl sites for hydroxylation is 2. The number of hydrogen-bond acceptors (Lipinski definition) is 4. The molecule has 4 aliphatic carbocycles. The van der Waals surface area contributed by atoms with Crippen LogP contribution in [0.5, 0.6) is 11.5 Å². The van der Waals surface area contributed by atoms with Crippen LogP contribution in [0.25, 0.3) is 0 Å². The lowest BCUT2D eigenvalue weighted by atomic mass is 9.50. The Balaban J connectivity index is 0.000000172. The number of ether oxygens (including phenoxy) is 1. The zero-order valence-corrected chi connectivity index (χ0v) is 28.4. The summed E-state index contributed by atoms with van der Waals surface area (Å²) >= 11 is 0. The van der Waals surface area contributed by atoms with E-state index in [4.69, 9.17) is 4.74 Å². The highest BCUT2D eigenvalue weighted by Gasteiger charge is 2.56. The summed E-state index contributed by atoms with van der Waals surface area (Å²) in [5.74, 6) is 0.175. The van der Waals surface area contributed by atoms with Crippen LogP contribution in [0.3, 0.4) is 0 Å². The highest BCUT2D eigenvalue weighted by Crippen LogP contribution is 2.59. The Labute approximate surface area is 279 Å². The molecule has 0 aliphatic heterocycles. The number of carbonyl (C=O) groups is 2. The van der Waals surface area contributed by atoms with Gasteiger partial charge in [0, 0.05) is 0 Å². The molecule has 47 heavy (non-hydrogen) atoms. The van der Waals surface area contributed by atoms with Gasteiger partial charge < -0.3 is 20.1 Å². The molecule has 2 saturated carbocycles. The molecular formula is C41H50O6. The van der Waals surface area contributed by atoms with E-state index >= 15 is 0 Å². The van der Waals surface area contributed by atoms with E-state index in [-0.39, 0.29) is 28.4 Å². The molecule has 6 nitrogen and oxygen atoms in total. The van der Waals surface area contributed by atoms with Crippen LogP contribution in [0, 0.1) is 22.7 Å². The first-order valence-corrected chi connectivity index (χ1v) is 17.4. The van der Waals surface area contributed by atoms with E-state index in [0.29, 0.717) is 6.61 Å². The molecule has 7 rings (SSSR count). The average Bonchev–Trinajstić information content (AvgIpc) is 3.04. The third kappa shape index (κ3) is 5.72. The van der Waals surface area contributed by atoms with E-state index in [2.05, 4.69) is 44.2 Å². The van der Waals surface area contributed by atoms with E-state index in [0.717, 1.165) is 75.5 Å². The minimum Gasteiger partial charge on any atom is -0.508 e. The maximum absolute atomic E-state index is 12.1. The van der Waals surface area contributed by atoms with Gasteiger partial charge in [0.15, 0.2) is 0 Å². The number of carboxylic acid groups (broad SMARTS) is 2. The highest BCUT2D eigenvalue weighted by molar-refractivity contribution is 5.76. The molecule has 3 aromatic carbocycles. The smallest absolute Gasteiger partial charge is 0.309 e. The summed E-state index contributed by atoms with van der Waals surface area (Å²) in [7, 11) is 0. The van der Waals surface area contributed by atoms with E-state index in [9.17, 15) is 24.9 Å². The standard InChI is InChI=1S/C24H28O3.C17H22O3/c1-23-13-6-14-24(2,22(25)26)21(23)12-10-18-9-11-19(15-20(18)23)27-16-17-7-4-3-5-8-17;1-16-8-3-9-17(2,15(19)20)14(16)7-5-11-4-6-12(18)10-13(11)16/h3-5,7-9,11,15,21H,6,10,12-14,16H2,1-2H3,(H,25,26);4,6,10,14,18H,3,5,7-9H2,1-2H3,(H,19,20)/t21-,23-,24+;14-,16-,17+/m11/s1. The molecule has 0 unspecified atom stereocenters. The van der Waals surface area contributed by atoms with Crippen molar-refractivity contribution in [2.75, 3.05) is 0 Å². The maximum atomic E-state index is 12.1. The summed E-state index contributed by atoms with van der Waals surface area (Å²) in [5, 5.41) is 29.5. The van der Waals surface area contributed by atoms with Crippen molar-refractivity contribution >= 4 is 11.9 Å². The Morgan fingerprint density at radius 3 is 1.74 bits per heavy atom. The van der Waals surface area contributed by atoms with E-state index in [1.165, 1.54) is 22.3 Å². The molecule has 0 radical (unpaired) electrons. The van der Waals surface area contributed by atoms with Crippen molar-refractivity contribution in [3.63, 3.8) is 0 Å². The summed E-state index contributed by atoms with van der Waals surface area (Å²) in [4.78, 5) is 23.9. The fourth-order valence-corrected chi connectivity index (χ4v) is 10.2. The molecule has 4 aliphatic rings. The molecule has 6 atom stereocenters. The lowest BCUT2D eigenvalue weighted by molar-refractivity contribution is -0.158. The van der Waals surface area contributed by atoms with Gasteiger partial charge in [-0.2, -0.15) is 0 Å². The van der Waals surface area contributed by atoms with Crippen molar-refractivity contribution in [1.82, 2.24) is 0 Å². The van der Waals surface area contributed by atoms with Crippen LogP contribution < -0.4 is 4.74 Å². The van der Waals surface area contributed by atoms with Crippen LogP contribution in [-0.4, -0.2) is 27.3 Å². The van der Waals surface area contributed by atoms with Crippen molar-refractivity contribution in [2.24, 2.45) is 22.7 Å². The van der Waals surface area contributed by atoms with Crippen LogP contribution in [0.1, 0.15) is 107 Å². The summed E-state index contributed by atoms with van der Waals surface area (Å²) in [6, 6.07) is 22.2. The van der Waals surface area contributed by atoms with Gasteiger partial charge in [-0.15, -0.1) is 0 Å². The minimum absolute atomic E-state index is 0.0922. The quantitative estimate of drug-likeness (QED) is 0.258. The number of carboxylic acids is 2. The normalized spacial score (nSPS) is 32.3. The number of fused-ring (bicyclic) bond motifs is 6. The monoisotopic (exact) mass is 638 g/mol. The number of phenolic OH excluding ortho intramolecular Hbond substituents is 1. The molecule has 0 amide bonds. The summed E-state index contributed by atoms with van der Waals surface area (Å²) < 4.78 is 6.07. The summed E-state index contributed by atoms with van der Waals surface area (Å²) in [5.41, 5.74) is 4.75. The third-order valence-electron chi connectivity index (χ3n) is 12.9. The second-order valence-corrected chi connectivity index (χ2v) is 15.6. The number of rotatable bonds is 5. The Morgan fingerprint density at radius 1 is 0.702 bits per heavy atom. The number of aliphatic carboxylic acids is 2. The van der Waals surface area contributed by atoms with Gasteiger partial charge in [0.1, 0.15) is 18.1 Å². The Bertz CT molecular complexity index is 1650. The summed E-state index contributed by atoms with van der Waals surface area (Å²) in [6.45, 7) is 8.88. The lowest BCUT2D eigenvalue weighted by Gasteiger charge is -2.53. The first kappa shape index (κ1) is 33.1. The number of phenols is 1. The van der Waals surface area contributed by atoms with Gasteiger partial charge in [0.05, 0.1) is 10.8 Å². The lowest BCUT2D eigenvalue weighted by Crippen LogP contribution is -2.52. The maximum Gasteiger partial charge on any atom is 0.309 e. The second kappa shape index (κ2) is 12.3. The predicted molar refractivity (Wildman–Crippen MR) is 183 cm³/mol. The van der Waals surface area contributed by atoms with Crippen LogP contribution in [0.2, 0.25) is 0 Å². The SMILES string of the molecule is C[C@]1(C(=O)O)CCC[C@]2(C)c3cc(O)ccc3CC[C@@H]12.C[C@]1(C(=O)O)CCC[C@]2(C)c3cc(OCc4ccccc4)ccc3CC[C@@H]12. The molecule has 0 heterocycles. The zero-order chi connectivity index (χ0) is 33.6. The van der Waals surface area contributed by atoms with Crippen LogP contribution in [-0.2, 0) is 39.9 Å². The third-order valence-corrected chi connectivity index (χ3v) is 12.9. The number of hydrogen-bond donors (Lipinski definition) is 3. The number of benzene rings is 3. The van der Waals surface area contributed by atoms with E-state index in [1.807, 2.05) is 44.2 Å².